The van der Waals surface area contributed by atoms with Crippen molar-refractivity contribution in [3.63, 3.8) is 0 Å². The smallest absolute Gasteiger partial charge is 0.262 e. The van der Waals surface area contributed by atoms with Gasteiger partial charge in [0.15, 0.2) is 11.5 Å². The van der Waals surface area contributed by atoms with Crippen LogP contribution in [-0.2, 0) is 0 Å². The number of halogens is 1. The molecule has 0 atom stereocenters. The average Bonchev–Trinajstić information content (AvgIpc) is 3.62. The van der Waals surface area contributed by atoms with E-state index in [4.69, 9.17) is 16.1 Å². The lowest BCUT2D eigenvalue weighted by atomic mass is 10.1. The molecule has 0 saturated heterocycles. The molecule has 0 spiro atoms. The summed E-state index contributed by atoms with van der Waals surface area (Å²) in [6.07, 6.45) is 3.16. The lowest BCUT2D eigenvalue weighted by Crippen LogP contribution is -2.17. The van der Waals surface area contributed by atoms with E-state index in [1.54, 1.807) is 40.7 Å². The zero-order valence-corrected chi connectivity index (χ0v) is 22.4. The molecular weight excluding hydrogens is 516 g/mol. The van der Waals surface area contributed by atoms with Crippen LogP contribution in [-0.4, -0.2) is 40.6 Å². The van der Waals surface area contributed by atoms with E-state index in [-0.39, 0.29) is 5.56 Å². The summed E-state index contributed by atoms with van der Waals surface area (Å²) in [4.78, 5) is 22.6. The lowest BCUT2D eigenvalue weighted by Gasteiger charge is -2.11. The quantitative estimate of drug-likeness (QED) is 0.295. The van der Waals surface area contributed by atoms with Gasteiger partial charge in [-0.1, -0.05) is 47.1 Å². The maximum Gasteiger partial charge on any atom is 0.262 e. The molecule has 0 aliphatic carbocycles. The van der Waals surface area contributed by atoms with Crippen LogP contribution >= 0.6 is 11.6 Å². The molecule has 10 nitrogen and oxygen atoms in total. The molecule has 0 aliphatic heterocycles. The van der Waals surface area contributed by atoms with Crippen LogP contribution in [0.15, 0.2) is 65.6 Å². The highest BCUT2D eigenvalue weighted by Crippen LogP contribution is 2.32. The normalized spacial score (nSPS) is 11.3. The van der Waals surface area contributed by atoms with Crippen molar-refractivity contribution in [3.05, 3.63) is 94.2 Å². The topological polar surface area (TPSA) is 117 Å². The fourth-order valence-electron chi connectivity index (χ4n) is 4.55. The van der Waals surface area contributed by atoms with E-state index in [0.717, 1.165) is 16.8 Å². The molecule has 1 amide bonds. The van der Waals surface area contributed by atoms with Crippen molar-refractivity contribution in [2.75, 3.05) is 5.32 Å². The number of hydrogen-bond donors (Lipinski definition) is 1. The monoisotopic (exact) mass is 538 g/mol. The second-order valence-corrected chi connectivity index (χ2v) is 9.60. The standard InChI is InChI=1S/C28H23ClN8O2/c1-15-8-7-11-22(17(15)3)36-26-20(13-32-36)27(31-14-30-26)37-23(12-16(2)34-37)33-28(38)24-18(4)39-35-25(24)19-9-5-6-10-21(19)29/h5-14H,1-4H3,(H,33,38). The number of benzene rings is 2. The Morgan fingerprint density at radius 3 is 2.64 bits per heavy atom. The number of amides is 1. The Balaban J connectivity index is 1.41. The number of carbonyl (C=O) groups is 1. The number of carbonyl (C=O) groups excluding carboxylic acids is 1. The van der Waals surface area contributed by atoms with Crippen molar-refractivity contribution in [3.8, 4) is 22.8 Å². The molecule has 39 heavy (non-hydrogen) atoms. The van der Waals surface area contributed by atoms with E-state index in [1.807, 2.05) is 38.1 Å². The van der Waals surface area contributed by atoms with Gasteiger partial charge in [0.05, 0.1) is 28.0 Å². The molecule has 2 aromatic carbocycles. The summed E-state index contributed by atoms with van der Waals surface area (Å²) in [6.45, 7) is 7.62. The summed E-state index contributed by atoms with van der Waals surface area (Å²) in [5.74, 6) is 0.849. The van der Waals surface area contributed by atoms with Crippen LogP contribution in [0.3, 0.4) is 0 Å². The number of hydrogen-bond acceptors (Lipinski definition) is 7. The van der Waals surface area contributed by atoms with Crippen LogP contribution in [0, 0.1) is 27.7 Å². The fraction of sp³-hybridized carbons (Fsp3) is 0.143. The van der Waals surface area contributed by atoms with Gasteiger partial charge in [0.25, 0.3) is 5.91 Å². The molecule has 6 rings (SSSR count). The maximum absolute atomic E-state index is 13.6. The predicted octanol–water partition coefficient (Wildman–Crippen LogP) is 5.80. The zero-order chi connectivity index (χ0) is 27.3. The largest absolute Gasteiger partial charge is 0.360 e. The molecule has 0 radical (unpaired) electrons. The van der Waals surface area contributed by atoms with Gasteiger partial charge in [-0.15, -0.1) is 0 Å². The first kappa shape index (κ1) is 24.5. The maximum atomic E-state index is 13.6. The molecule has 11 heteroatoms. The fourth-order valence-corrected chi connectivity index (χ4v) is 4.77. The van der Waals surface area contributed by atoms with Crippen molar-refractivity contribution in [1.29, 1.82) is 0 Å². The van der Waals surface area contributed by atoms with Gasteiger partial charge in [0.2, 0.25) is 0 Å². The SMILES string of the molecule is Cc1cc(NC(=O)c2c(-c3ccccc3Cl)noc2C)n(-c2ncnc3c2cnn3-c2cccc(C)c2C)n1. The molecule has 4 heterocycles. The third-order valence-electron chi connectivity index (χ3n) is 6.64. The van der Waals surface area contributed by atoms with E-state index in [2.05, 4.69) is 43.6 Å². The van der Waals surface area contributed by atoms with Crippen molar-refractivity contribution in [2.24, 2.45) is 0 Å². The third kappa shape index (κ3) is 4.15. The highest BCUT2D eigenvalue weighted by molar-refractivity contribution is 6.33. The predicted molar refractivity (Wildman–Crippen MR) is 148 cm³/mol. The molecule has 0 aliphatic rings. The van der Waals surface area contributed by atoms with Crippen molar-refractivity contribution in [1.82, 2.24) is 34.7 Å². The second kappa shape index (κ2) is 9.48. The number of rotatable bonds is 5. The molecule has 0 saturated carbocycles. The Morgan fingerprint density at radius 1 is 1.00 bits per heavy atom. The average molecular weight is 539 g/mol. The van der Waals surface area contributed by atoms with Gasteiger partial charge in [-0.05, 0) is 51.0 Å². The summed E-state index contributed by atoms with van der Waals surface area (Å²) in [5, 5.41) is 17.4. The Kier molecular flexibility index (Phi) is 5.96. The van der Waals surface area contributed by atoms with Crippen molar-refractivity contribution >= 4 is 34.4 Å². The minimum atomic E-state index is -0.416. The van der Waals surface area contributed by atoms with Gasteiger partial charge in [-0.2, -0.15) is 14.9 Å². The summed E-state index contributed by atoms with van der Waals surface area (Å²) in [5.41, 5.74) is 5.73. The molecule has 0 unspecified atom stereocenters. The lowest BCUT2D eigenvalue weighted by molar-refractivity contribution is 0.102. The molecule has 0 fully saturated rings. The minimum absolute atomic E-state index is 0.282. The van der Waals surface area contributed by atoms with E-state index in [1.165, 1.54) is 6.33 Å². The van der Waals surface area contributed by atoms with Crippen molar-refractivity contribution < 1.29 is 9.32 Å². The van der Waals surface area contributed by atoms with Crippen LogP contribution in [0.5, 0.6) is 0 Å². The molecule has 4 aromatic heterocycles. The van der Waals surface area contributed by atoms with Crippen LogP contribution in [0.25, 0.3) is 33.8 Å². The molecule has 194 valence electrons. The molecule has 1 N–H and O–H groups in total. The van der Waals surface area contributed by atoms with Gasteiger partial charge in [-0.25, -0.2) is 14.6 Å². The van der Waals surface area contributed by atoms with Gasteiger partial charge in [0, 0.05) is 11.6 Å². The first-order valence-electron chi connectivity index (χ1n) is 12.2. The molecule has 6 aromatic rings. The Labute approximate surface area is 228 Å². The summed E-state index contributed by atoms with van der Waals surface area (Å²) < 4.78 is 8.74. The Morgan fingerprint density at radius 2 is 1.82 bits per heavy atom. The van der Waals surface area contributed by atoms with Gasteiger partial charge < -0.3 is 9.84 Å². The van der Waals surface area contributed by atoms with E-state index >= 15 is 0 Å². The zero-order valence-electron chi connectivity index (χ0n) is 21.6. The Bertz CT molecular complexity index is 1880. The second-order valence-electron chi connectivity index (χ2n) is 9.19. The van der Waals surface area contributed by atoms with E-state index < -0.39 is 5.91 Å². The number of nitrogens with zero attached hydrogens (tertiary/aromatic N) is 7. The number of anilines is 1. The summed E-state index contributed by atoms with van der Waals surface area (Å²) in [7, 11) is 0. The molecule has 0 bridgehead atoms. The highest BCUT2D eigenvalue weighted by atomic mass is 35.5. The molecular formula is C28H23ClN8O2. The third-order valence-corrected chi connectivity index (χ3v) is 6.97. The van der Waals surface area contributed by atoms with Crippen LogP contribution < -0.4 is 5.32 Å². The highest BCUT2D eigenvalue weighted by Gasteiger charge is 2.25. The van der Waals surface area contributed by atoms with E-state index in [9.17, 15) is 4.79 Å². The van der Waals surface area contributed by atoms with Crippen LogP contribution in [0.4, 0.5) is 5.82 Å². The number of fused-ring (bicyclic) bond motifs is 1. The number of aryl methyl sites for hydroxylation is 3. The van der Waals surface area contributed by atoms with Gasteiger partial charge >= 0.3 is 0 Å². The van der Waals surface area contributed by atoms with E-state index in [0.29, 0.717) is 50.4 Å². The summed E-state index contributed by atoms with van der Waals surface area (Å²) in [6, 6.07) is 15.0. The summed E-state index contributed by atoms with van der Waals surface area (Å²) >= 11 is 6.38. The first-order valence-corrected chi connectivity index (χ1v) is 12.6. The first-order chi connectivity index (χ1) is 18.8. The van der Waals surface area contributed by atoms with Crippen LogP contribution in [0.2, 0.25) is 5.02 Å². The van der Waals surface area contributed by atoms with Gasteiger partial charge in [-0.3, -0.25) is 4.79 Å². The van der Waals surface area contributed by atoms with Crippen LogP contribution in [0.1, 0.15) is 32.9 Å². The Hall–Kier alpha value is -4.83. The number of aromatic nitrogens is 7. The minimum Gasteiger partial charge on any atom is -0.360 e. The number of nitrogens with one attached hydrogen (secondary N) is 1. The van der Waals surface area contributed by atoms with Gasteiger partial charge in [0.1, 0.15) is 29.2 Å². The van der Waals surface area contributed by atoms with Crippen molar-refractivity contribution in [2.45, 2.75) is 27.7 Å².